The second kappa shape index (κ2) is 5.82. The molecule has 0 radical (unpaired) electrons. The SMILES string of the molecule is O=C(O)c1cc(NC2=CC(=O)N(CCO)C2=O)c(O)cc1F. The standard InChI is InChI=1S/C13H11FN2O6/c14-7-4-10(18)8(3-6(7)13(21)22)15-9-5-11(19)16(1-2-17)12(9)20/h3-5,15,17-18H,1-2H2,(H,21,22). The molecule has 9 heteroatoms. The molecular formula is C13H11FN2O6. The summed E-state index contributed by atoms with van der Waals surface area (Å²) in [5, 5.41) is 29.6. The van der Waals surface area contributed by atoms with Crippen LogP contribution < -0.4 is 5.32 Å². The Hall–Kier alpha value is -2.94. The number of hydrogen-bond donors (Lipinski definition) is 4. The minimum atomic E-state index is -1.55. The fraction of sp³-hybridized carbons (Fsp3) is 0.154. The van der Waals surface area contributed by atoms with Crippen molar-refractivity contribution in [3.63, 3.8) is 0 Å². The van der Waals surface area contributed by atoms with Crippen molar-refractivity contribution in [1.29, 1.82) is 0 Å². The molecule has 1 aliphatic heterocycles. The van der Waals surface area contributed by atoms with Gasteiger partial charge in [0.25, 0.3) is 11.8 Å². The molecular weight excluding hydrogens is 299 g/mol. The van der Waals surface area contributed by atoms with Crippen molar-refractivity contribution >= 4 is 23.5 Å². The molecule has 1 heterocycles. The van der Waals surface area contributed by atoms with Crippen LogP contribution in [0.5, 0.6) is 5.75 Å². The molecule has 0 atom stereocenters. The van der Waals surface area contributed by atoms with Crippen molar-refractivity contribution in [1.82, 2.24) is 4.90 Å². The van der Waals surface area contributed by atoms with Crippen LogP contribution in [0.2, 0.25) is 0 Å². The Morgan fingerprint density at radius 3 is 2.59 bits per heavy atom. The van der Waals surface area contributed by atoms with Crippen molar-refractivity contribution < 1.29 is 34.1 Å². The number of aromatic hydroxyl groups is 1. The lowest BCUT2D eigenvalue weighted by Gasteiger charge is -2.14. The lowest BCUT2D eigenvalue weighted by atomic mass is 10.1. The third-order valence-corrected chi connectivity index (χ3v) is 2.92. The number of rotatable bonds is 5. The quantitative estimate of drug-likeness (QED) is 0.441. The van der Waals surface area contributed by atoms with Crippen LogP contribution >= 0.6 is 0 Å². The number of aliphatic hydroxyl groups is 1. The Balaban J connectivity index is 2.30. The molecule has 1 aliphatic rings. The molecule has 1 aromatic rings. The van der Waals surface area contributed by atoms with Gasteiger partial charge in [-0.05, 0) is 6.07 Å². The van der Waals surface area contributed by atoms with Crippen LogP contribution in [0, 0.1) is 5.82 Å². The van der Waals surface area contributed by atoms with Crippen molar-refractivity contribution in [2.75, 3.05) is 18.5 Å². The number of carboxylic acids is 1. The first-order valence-electron chi connectivity index (χ1n) is 6.06. The van der Waals surface area contributed by atoms with Gasteiger partial charge in [-0.3, -0.25) is 14.5 Å². The van der Waals surface area contributed by atoms with Crippen LogP contribution in [0.15, 0.2) is 23.9 Å². The van der Waals surface area contributed by atoms with Crippen LogP contribution in [0.4, 0.5) is 10.1 Å². The number of aliphatic hydroxyl groups excluding tert-OH is 1. The number of β-amino-alcohol motifs (C(OH)–C–C–N with tert-alkyl or cyclic N) is 1. The third kappa shape index (κ3) is 2.74. The number of anilines is 1. The van der Waals surface area contributed by atoms with Gasteiger partial charge in [-0.1, -0.05) is 0 Å². The fourth-order valence-electron chi connectivity index (χ4n) is 1.88. The largest absolute Gasteiger partial charge is 0.506 e. The summed E-state index contributed by atoms with van der Waals surface area (Å²) in [6, 6.07) is 1.39. The molecule has 0 bridgehead atoms. The molecule has 22 heavy (non-hydrogen) atoms. The highest BCUT2D eigenvalue weighted by molar-refractivity contribution is 6.17. The lowest BCUT2D eigenvalue weighted by Crippen LogP contribution is -2.34. The number of carboxylic acid groups (broad SMARTS) is 1. The van der Waals surface area contributed by atoms with Gasteiger partial charge in [-0.2, -0.15) is 0 Å². The van der Waals surface area contributed by atoms with Crippen LogP contribution in [0.3, 0.4) is 0 Å². The topological polar surface area (TPSA) is 127 Å². The first-order chi connectivity index (χ1) is 10.3. The number of imide groups is 1. The van der Waals surface area contributed by atoms with Gasteiger partial charge in [0, 0.05) is 12.1 Å². The Morgan fingerprint density at radius 1 is 1.32 bits per heavy atom. The Kier molecular flexibility index (Phi) is 4.08. The highest BCUT2D eigenvalue weighted by atomic mass is 19.1. The van der Waals surface area contributed by atoms with Crippen molar-refractivity contribution in [2.24, 2.45) is 0 Å². The van der Waals surface area contributed by atoms with Crippen LogP contribution in [-0.4, -0.2) is 51.2 Å². The predicted octanol–water partition coefficient (Wildman–Crippen LogP) is -0.114. The summed E-state index contributed by atoms with van der Waals surface area (Å²) in [7, 11) is 0. The Bertz CT molecular complexity index is 700. The molecule has 0 fully saturated rings. The van der Waals surface area contributed by atoms with Crippen molar-refractivity contribution in [2.45, 2.75) is 0 Å². The molecule has 0 spiro atoms. The van der Waals surface area contributed by atoms with E-state index in [9.17, 15) is 23.9 Å². The summed E-state index contributed by atoms with van der Waals surface area (Å²) < 4.78 is 13.4. The zero-order valence-electron chi connectivity index (χ0n) is 11.0. The summed E-state index contributed by atoms with van der Waals surface area (Å²) in [5.74, 6) is -4.73. The van der Waals surface area contributed by atoms with Gasteiger partial charge in [0.2, 0.25) is 0 Å². The lowest BCUT2D eigenvalue weighted by molar-refractivity contribution is -0.137. The van der Waals surface area contributed by atoms with Crippen LogP contribution in [-0.2, 0) is 9.59 Å². The number of phenols is 1. The number of hydrogen-bond acceptors (Lipinski definition) is 6. The molecule has 4 N–H and O–H groups in total. The number of carbonyl (C=O) groups excluding carboxylic acids is 2. The number of nitrogens with zero attached hydrogens (tertiary/aromatic N) is 1. The van der Waals surface area contributed by atoms with E-state index < -0.39 is 41.5 Å². The van der Waals surface area contributed by atoms with E-state index in [1.807, 2.05) is 0 Å². The molecule has 2 amide bonds. The fourth-order valence-corrected chi connectivity index (χ4v) is 1.88. The normalized spacial score (nSPS) is 14.3. The van der Waals surface area contributed by atoms with E-state index in [4.69, 9.17) is 10.2 Å². The number of aromatic carboxylic acids is 1. The molecule has 1 aromatic carbocycles. The van der Waals surface area contributed by atoms with Crippen molar-refractivity contribution in [3.8, 4) is 5.75 Å². The summed E-state index contributed by atoms with van der Waals surface area (Å²) in [5.41, 5.74) is -1.17. The Morgan fingerprint density at radius 2 is 2.00 bits per heavy atom. The van der Waals surface area contributed by atoms with Gasteiger partial charge in [0.05, 0.1) is 24.4 Å². The van der Waals surface area contributed by atoms with Crippen LogP contribution in [0.25, 0.3) is 0 Å². The van der Waals surface area contributed by atoms with E-state index in [2.05, 4.69) is 5.32 Å². The highest BCUT2D eigenvalue weighted by Gasteiger charge is 2.31. The molecule has 116 valence electrons. The zero-order valence-corrected chi connectivity index (χ0v) is 11.0. The van der Waals surface area contributed by atoms with E-state index in [0.29, 0.717) is 6.07 Å². The first kappa shape index (κ1) is 15.4. The summed E-state index contributed by atoms with van der Waals surface area (Å²) >= 11 is 0. The van der Waals surface area contributed by atoms with Gasteiger partial charge in [-0.15, -0.1) is 0 Å². The number of nitrogens with one attached hydrogen (secondary N) is 1. The number of amides is 2. The number of halogens is 1. The molecule has 0 saturated heterocycles. The summed E-state index contributed by atoms with van der Waals surface area (Å²) in [6.45, 7) is -0.612. The summed E-state index contributed by atoms with van der Waals surface area (Å²) in [6.07, 6.45) is 0.932. The van der Waals surface area contributed by atoms with E-state index in [1.54, 1.807) is 0 Å². The molecule has 2 rings (SSSR count). The molecule has 8 nitrogen and oxygen atoms in total. The maximum absolute atomic E-state index is 13.4. The van der Waals surface area contributed by atoms with Gasteiger partial charge < -0.3 is 20.6 Å². The van der Waals surface area contributed by atoms with Gasteiger partial charge in [0.15, 0.2) is 0 Å². The molecule has 0 aliphatic carbocycles. The van der Waals surface area contributed by atoms with Gasteiger partial charge in [-0.25, -0.2) is 9.18 Å². The maximum atomic E-state index is 13.4. The predicted molar refractivity (Wildman–Crippen MR) is 70.5 cm³/mol. The number of phenolic OH excluding ortho intramolecular Hbond substituents is 1. The zero-order chi connectivity index (χ0) is 16.4. The van der Waals surface area contributed by atoms with E-state index in [0.717, 1.165) is 17.0 Å². The second-order valence-electron chi connectivity index (χ2n) is 4.36. The smallest absolute Gasteiger partial charge is 0.338 e. The number of carbonyl (C=O) groups is 3. The van der Waals surface area contributed by atoms with Crippen LogP contribution in [0.1, 0.15) is 10.4 Å². The van der Waals surface area contributed by atoms with E-state index in [1.165, 1.54) is 0 Å². The van der Waals surface area contributed by atoms with Gasteiger partial charge in [0.1, 0.15) is 17.3 Å². The monoisotopic (exact) mass is 310 g/mol. The third-order valence-electron chi connectivity index (χ3n) is 2.92. The minimum absolute atomic E-state index is 0.199. The average Bonchev–Trinajstić information content (AvgIpc) is 2.69. The molecule has 0 unspecified atom stereocenters. The highest BCUT2D eigenvalue weighted by Crippen LogP contribution is 2.29. The number of benzene rings is 1. The second-order valence-corrected chi connectivity index (χ2v) is 4.36. The Labute approximate surface area is 123 Å². The molecule has 0 saturated carbocycles. The van der Waals surface area contributed by atoms with Crippen molar-refractivity contribution in [3.05, 3.63) is 35.3 Å². The molecule has 0 aromatic heterocycles. The van der Waals surface area contributed by atoms with E-state index in [-0.39, 0.29) is 17.9 Å². The van der Waals surface area contributed by atoms with Gasteiger partial charge >= 0.3 is 5.97 Å². The first-order valence-corrected chi connectivity index (χ1v) is 6.06. The maximum Gasteiger partial charge on any atom is 0.338 e. The summed E-state index contributed by atoms with van der Waals surface area (Å²) in [4.78, 5) is 35.1. The minimum Gasteiger partial charge on any atom is -0.506 e. The average molecular weight is 310 g/mol. The van der Waals surface area contributed by atoms with E-state index >= 15 is 0 Å².